The fraction of sp³-hybridized carbons (Fsp3) is 0.536. The molecular weight excluding hydrogens is 602 g/mol. The number of Topliss-reactive ketones (excluding diaryl/α,β-unsaturated/α-hetero) is 1. The van der Waals surface area contributed by atoms with Crippen LogP contribution in [0.1, 0.15) is 49.7 Å². The van der Waals surface area contributed by atoms with Crippen molar-refractivity contribution >= 4 is 21.0 Å². The van der Waals surface area contributed by atoms with Gasteiger partial charge in [0.05, 0.1) is 26.0 Å². The fourth-order valence-electron chi connectivity index (χ4n) is 4.68. The number of unbranched alkanes of at least 4 members (excludes halogenated alkanes) is 2. The van der Waals surface area contributed by atoms with E-state index in [1.54, 1.807) is 43.5 Å². The molecule has 2 aromatic carbocycles. The molecule has 2 rings (SSSR count). The number of nitrogens with zero attached hydrogens (tertiary/aromatic N) is 2. The van der Waals surface area contributed by atoms with E-state index in [0.717, 1.165) is 0 Å². The van der Waals surface area contributed by atoms with Crippen molar-refractivity contribution in [2.24, 2.45) is 0 Å². The largest absolute Gasteiger partial charge is 0.508 e. The molecule has 0 saturated carbocycles. The summed E-state index contributed by atoms with van der Waals surface area (Å²) in [5.41, 5.74) is 0.746. The van der Waals surface area contributed by atoms with Crippen molar-refractivity contribution in [2.75, 3.05) is 39.5 Å². The summed E-state index contributed by atoms with van der Waals surface area (Å²) in [7, 11) is -7.79. The minimum atomic E-state index is -4.68. The van der Waals surface area contributed by atoms with E-state index < -0.39 is 33.9 Å². The van der Waals surface area contributed by atoms with Crippen LogP contribution >= 0.6 is 15.2 Å². The molecule has 0 unspecified atom stereocenters. The second-order valence-electron chi connectivity index (χ2n) is 10.3. The average molecular weight is 647 g/mol. The predicted molar refractivity (Wildman–Crippen MR) is 160 cm³/mol. The number of methoxy groups -OCH3 is 1. The number of ketones is 1. The Morgan fingerprint density at radius 2 is 1.26 bits per heavy atom. The lowest BCUT2D eigenvalue weighted by atomic mass is 10.1. The lowest BCUT2D eigenvalue weighted by molar-refractivity contribution is -0.120. The van der Waals surface area contributed by atoms with Crippen molar-refractivity contribution in [3.63, 3.8) is 0 Å². The lowest BCUT2D eigenvalue weighted by Gasteiger charge is -2.40. The molecule has 13 nitrogen and oxygen atoms in total. The molecule has 0 atom stereocenters. The third-order valence-electron chi connectivity index (χ3n) is 6.68. The Balaban J connectivity index is 2.28. The van der Waals surface area contributed by atoms with E-state index in [4.69, 9.17) is 9.47 Å². The van der Waals surface area contributed by atoms with E-state index in [-0.39, 0.29) is 43.2 Å². The van der Waals surface area contributed by atoms with Crippen LogP contribution < -0.4 is 0 Å². The van der Waals surface area contributed by atoms with Gasteiger partial charge in [0.15, 0.2) is 0 Å². The highest BCUT2D eigenvalue weighted by atomic mass is 31.2. The highest BCUT2D eigenvalue weighted by molar-refractivity contribution is 7.51. The van der Waals surface area contributed by atoms with Crippen molar-refractivity contribution < 1.29 is 53.2 Å². The Morgan fingerprint density at radius 3 is 1.72 bits per heavy atom. The van der Waals surface area contributed by atoms with Crippen LogP contribution in [0.15, 0.2) is 48.5 Å². The molecule has 0 amide bonds. The van der Waals surface area contributed by atoms with Crippen LogP contribution in [0.3, 0.4) is 0 Å². The maximum absolute atomic E-state index is 12.3. The smallest absolute Gasteiger partial charge is 0.339 e. The van der Waals surface area contributed by atoms with Gasteiger partial charge in [-0.3, -0.25) is 23.7 Å². The number of carbonyl (C=O) groups excluding carboxylic acids is 1. The molecule has 0 aliphatic heterocycles. The number of aromatic hydroxyl groups is 2. The van der Waals surface area contributed by atoms with Gasteiger partial charge >= 0.3 is 15.2 Å². The molecule has 15 heteroatoms. The molecule has 0 aromatic heterocycles. The van der Waals surface area contributed by atoms with Crippen LogP contribution in [0.5, 0.6) is 11.5 Å². The zero-order valence-corrected chi connectivity index (χ0v) is 26.2. The minimum Gasteiger partial charge on any atom is -0.508 e. The van der Waals surface area contributed by atoms with Gasteiger partial charge in [-0.25, -0.2) is 0 Å². The zero-order valence-electron chi connectivity index (χ0n) is 24.4. The van der Waals surface area contributed by atoms with Gasteiger partial charge in [-0.1, -0.05) is 49.2 Å². The highest BCUT2D eigenvalue weighted by Crippen LogP contribution is 2.41. The van der Waals surface area contributed by atoms with Gasteiger partial charge in [-0.15, -0.1) is 0 Å². The molecule has 0 radical (unpaired) electrons. The lowest BCUT2D eigenvalue weighted by Crippen LogP contribution is -2.48. The summed E-state index contributed by atoms with van der Waals surface area (Å²) in [6.07, 6.45) is 0.0375. The number of phenolic OH excluding ortho intramolecular Hbond substituents is 2. The molecule has 0 fully saturated rings. The molecule has 0 heterocycles. The van der Waals surface area contributed by atoms with E-state index in [0.29, 0.717) is 56.6 Å². The van der Waals surface area contributed by atoms with Gasteiger partial charge in [0, 0.05) is 44.2 Å². The standard InChI is InChI=1S/C28H44N2O11P2/c1-40-17-18-41-16-15-25(31)11-3-2-4-14-28(29(21-42(34,35)36)19-23-9-5-7-12-26(23)32)30(22-43(37,38)39)20-24-10-6-8-13-27(24)33/h5-10,12-13,28,32-33H,2-4,11,14-22H2,1H3,(H2,34,35,36)(H2,37,38,39). The molecule has 0 aliphatic rings. The maximum atomic E-state index is 12.3. The number of rotatable bonds is 22. The number of ether oxygens (including phenoxy) is 2. The Bertz CT molecular complexity index is 1150. The van der Waals surface area contributed by atoms with Crippen LogP contribution in [0.25, 0.3) is 0 Å². The number of para-hydroxylation sites is 2. The number of phenols is 2. The maximum Gasteiger partial charge on any atom is 0.339 e. The van der Waals surface area contributed by atoms with Gasteiger partial charge < -0.3 is 39.3 Å². The van der Waals surface area contributed by atoms with E-state index >= 15 is 0 Å². The van der Waals surface area contributed by atoms with Crippen molar-refractivity contribution in [2.45, 2.75) is 57.8 Å². The highest BCUT2D eigenvalue weighted by Gasteiger charge is 2.34. The summed E-state index contributed by atoms with van der Waals surface area (Å²) >= 11 is 0. The number of hydrogen-bond acceptors (Lipinski definition) is 9. The monoisotopic (exact) mass is 646 g/mol. The van der Waals surface area contributed by atoms with Crippen LogP contribution in [0, 0.1) is 0 Å². The Labute approximate surface area is 252 Å². The predicted octanol–water partition coefficient (Wildman–Crippen LogP) is 3.57. The first kappa shape index (κ1) is 37.0. The van der Waals surface area contributed by atoms with Gasteiger partial charge in [-0.2, -0.15) is 0 Å². The first-order valence-electron chi connectivity index (χ1n) is 14.0. The van der Waals surface area contributed by atoms with Crippen LogP contribution in [-0.4, -0.2) is 91.0 Å². The van der Waals surface area contributed by atoms with Crippen molar-refractivity contribution in [3.05, 3.63) is 59.7 Å². The molecular formula is C28H44N2O11P2. The molecule has 6 N–H and O–H groups in total. The molecule has 43 heavy (non-hydrogen) atoms. The Hall–Kier alpha value is -2.15. The van der Waals surface area contributed by atoms with Crippen molar-refractivity contribution in [3.8, 4) is 11.5 Å². The zero-order chi connectivity index (χ0) is 31.9. The van der Waals surface area contributed by atoms with E-state index in [1.165, 1.54) is 21.9 Å². The number of benzene rings is 2. The molecule has 0 spiro atoms. The first-order chi connectivity index (χ1) is 20.3. The van der Waals surface area contributed by atoms with E-state index in [9.17, 15) is 43.7 Å². The normalized spacial score (nSPS) is 12.5. The summed E-state index contributed by atoms with van der Waals surface area (Å²) in [5, 5.41) is 20.8. The minimum absolute atomic E-state index is 0.0410. The Kier molecular flexibility index (Phi) is 16.0. The molecule has 242 valence electrons. The summed E-state index contributed by atoms with van der Waals surface area (Å²) in [4.78, 5) is 54.9. The second-order valence-corrected chi connectivity index (χ2v) is 13.6. The number of hydrogen-bond donors (Lipinski definition) is 6. The third-order valence-corrected chi connectivity index (χ3v) is 8.14. The molecule has 0 saturated heterocycles. The van der Waals surface area contributed by atoms with E-state index in [1.807, 2.05) is 0 Å². The van der Waals surface area contributed by atoms with Crippen molar-refractivity contribution in [1.82, 2.24) is 9.80 Å². The van der Waals surface area contributed by atoms with Crippen molar-refractivity contribution in [1.29, 1.82) is 0 Å². The van der Waals surface area contributed by atoms with Crippen LogP contribution in [-0.2, 0) is 36.5 Å². The SMILES string of the molecule is COCCOCCC(=O)CCCCCC(N(Cc1ccccc1O)CP(=O)(O)O)N(Cc1ccccc1O)CP(=O)(O)O. The van der Waals surface area contributed by atoms with E-state index in [2.05, 4.69) is 0 Å². The summed E-state index contributed by atoms with van der Waals surface area (Å²) in [6, 6.07) is 12.6. The van der Waals surface area contributed by atoms with Gasteiger partial charge in [0.25, 0.3) is 0 Å². The average Bonchev–Trinajstić information content (AvgIpc) is 2.91. The number of carbonyl (C=O) groups is 1. The molecule has 2 aromatic rings. The fourth-order valence-corrected chi connectivity index (χ4v) is 6.20. The summed E-state index contributed by atoms with van der Waals surface area (Å²) < 4.78 is 34.7. The summed E-state index contributed by atoms with van der Waals surface area (Å²) in [5.74, 6) is -0.146. The quantitative estimate of drug-likeness (QED) is 0.0617. The second kappa shape index (κ2) is 18.6. The van der Waals surface area contributed by atoms with Gasteiger partial charge in [0.2, 0.25) is 0 Å². The van der Waals surface area contributed by atoms with Crippen LogP contribution in [0.4, 0.5) is 0 Å². The Morgan fingerprint density at radius 1 is 0.744 bits per heavy atom. The van der Waals surface area contributed by atoms with Gasteiger partial charge in [-0.05, 0) is 25.0 Å². The molecule has 0 bridgehead atoms. The molecule has 0 aliphatic carbocycles. The third kappa shape index (κ3) is 15.4. The first-order valence-corrected chi connectivity index (χ1v) is 17.6. The van der Waals surface area contributed by atoms with Gasteiger partial charge in [0.1, 0.15) is 29.9 Å². The van der Waals surface area contributed by atoms with Crippen LogP contribution in [0.2, 0.25) is 0 Å². The summed E-state index contributed by atoms with van der Waals surface area (Å²) in [6.45, 7) is 0.909. The topological polar surface area (TPSA) is 198 Å².